The fraction of sp³-hybridized carbons (Fsp3) is 0.406. The summed E-state index contributed by atoms with van der Waals surface area (Å²) in [6, 6.07) is 14.0. The molecule has 4 aromatic carbocycles. The van der Waals surface area contributed by atoms with Crippen LogP contribution in [0.5, 0.6) is 0 Å². The summed E-state index contributed by atoms with van der Waals surface area (Å²) in [7, 11) is 0. The van der Waals surface area contributed by atoms with Gasteiger partial charge in [-0.15, -0.1) is 0 Å². The lowest BCUT2D eigenvalue weighted by atomic mass is 9.21. The normalized spacial score (nSPS) is 32.5. The molecule has 0 radical (unpaired) electrons. The highest BCUT2D eigenvalue weighted by atomic mass is 15.2. The molecule has 0 bridgehead atoms. The van der Waals surface area contributed by atoms with E-state index in [1.54, 1.807) is 99.9 Å². The van der Waals surface area contributed by atoms with Crippen molar-refractivity contribution in [3.63, 3.8) is 0 Å². The molecule has 10 atom stereocenters. The van der Waals surface area contributed by atoms with Gasteiger partial charge in [0.2, 0.25) is 0 Å². The Balaban J connectivity index is 1.05. The lowest BCUT2D eigenvalue weighted by Gasteiger charge is -2.61. The zero-order valence-electron chi connectivity index (χ0n) is 42.6. The number of nitrogens with zero attached hydrogens (tertiary/aromatic N) is 3. The first kappa shape index (κ1) is 36.6. The van der Waals surface area contributed by atoms with E-state index in [0.717, 1.165) is 0 Å². The van der Waals surface area contributed by atoms with E-state index in [-0.39, 0.29) is 28.4 Å². The molecule has 4 aliphatic carbocycles. The topological polar surface area (TPSA) is 12.6 Å². The van der Waals surface area contributed by atoms with Crippen molar-refractivity contribution in [2.24, 2.45) is 34.5 Å². The Hall–Kier alpha value is -5.35. The number of anilines is 1. The van der Waals surface area contributed by atoms with Gasteiger partial charge in [0.05, 0.1) is 27.6 Å². The van der Waals surface area contributed by atoms with Crippen molar-refractivity contribution in [3.8, 4) is 0 Å². The molecule has 14 aliphatic rings. The molecular weight excluding hydrogens is 843 g/mol. The minimum Gasteiger partial charge on any atom is -0.341 e. The van der Waals surface area contributed by atoms with Gasteiger partial charge in [-0.1, -0.05) is 131 Å². The summed E-state index contributed by atoms with van der Waals surface area (Å²) >= 11 is 0. The summed E-state index contributed by atoms with van der Waals surface area (Å²) in [4.78, 5) is 3.26. The van der Waals surface area contributed by atoms with Gasteiger partial charge in [-0.25, -0.2) is 0 Å². The van der Waals surface area contributed by atoms with Crippen LogP contribution in [0, 0.1) is 34.5 Å². The van der Waals surface area contributed by atoms with Crippen LogP contribution < -0.4 is 21.3 Å². The zero-order valence-corrected chi connectivity index (χ0v) is 42.6. The van der Waals surface area contributed by atoms with Crippen molar-refractivity contribution in [1.29, 1.82) is 0 Å². The van der Waals surface area contributed by atoms with Gasteiger partial charge < -0.3 is 13.9 Å². The molecule has 3 nitrogen and oxygen atoms in total. The summed E-state index contributed by atoms with van der Waals surface area (Å²) in [5.74, 6) is 4.64. The van der Waals surface area contributed by atoms with Crippen molar-refractivity contribution in [2.45, 2.75) is 129 Å². The maximum atomic E-state index is 3.26. The molecule has 0 N–H and O–H groups in total. The van der Waals surface area contributed by atoms with E-state index >= 15 is 0 Å². The SMILES string of the molecule is CC(C)(C)C1=CC2C3B4c5c6c7c8c(c5C3=C1)c1cc(C(C)(C)C)cc3c5cc9c%10cc(C(C)(C)C)cc%11c%10n%10c9c(c5n8c31)B7C1=C%10C%11C3C5=C1N6C1C6B5C5C(=CC(C(C)(C)C)=CC53)C6=CC2C41. The monoisotopic (exact) mass is 899 g/mol. The molecule has 3 saturated heterocycles. The number of aromatic nitrogens is 2. The van der Waals surface area contributed by atoms with Crippen molar-refractivity contribution < 1.29 is 0 Å². The zero-order chi connectivity index (χ0) is 46.5. The van der Waals surface area contributed by atoms with Gasteiger partial charge in [-0.3, -0.25) is 0 Å². The van der Waals surface area contributed by atoms with E-state index in [2.05, 4.69) is 158 Å². The summed E-state index contributed by atoms with van der Waals surface area (Å²) in [5.41, 5.74) is 36.6. The van der Waals surface area contributed by atoms with Crippen LogP contribution in [0.15, 0.2) is 99.6 Å². The minimum atomic E-state index is 0.0132. The molecule has 70 heavy (non-hydrogen) atoms. The van der Waals surface area contributed by atoms with Gasteiger partial charge >= 0.3 is 0 Å². The standard InChI is InChI=1S/C64H56B3N3/c1-61(2,3)23-13-27-29-21-30-28-14-24(62(4,5)6)18-36-40-42-38-20-26(64(10,11)12)16-32-34-22-33-31-15-25(63(7,8)9)19-37-41-39-35(17-23)43(27)65-45(29)58-46(30)66(44(28)36)48(40)60-51-57(42)69(53(32)38)55(34)49-54(33)68(52(31)37)56(41)50(67(49)51)59(47(39)65)70(58)60/h13-22,27,29,36,40,42-46,58H,1-12H3. The van der Waals surface area contributed by atoms with Crippen LogP contribution in [0.25, 0.3) is 71.2 Å². The van der Waals surface area contributed by atoms with Crippen LogP contribution in [0.3, 0.4) is 0 Å². The molecule has 0 spiro atoms. The number of benzene rings is 4. The van der Waals surface area contributed by atoms with E-state index in [4.69, 9.17) is 0 Å². The minimum absolute atomic E-state index is 0.0132. The molecular formula is C64H56B3N3. The van der Waals surface area contributed by atoms with Crippen LogP contribution in [-0.2, 0) is 10.8 Å². The second-order valence-electron chi connectivity index (χ2n) is 29.8. The van der Waals surface area contributed by atoms with Gasteiger partial charge in [0, 0.05) is 61.4 Å². The van der Waals surface area contributed by atoms with E-state index in [9.17, 15) is 0 Å². The first-order valence-corrected chi connectivity index (χ1v) is 27.6. The van der Waals surface area contributed by atoms with Crippen LogP contribution in [0.1, 0.15) is 111 Å². The van der Waals surface area contributed by atoms with E-state index in [1.165, 1.54) is 49.1 Å². The van der Waals surface area contributed by atoms with Crippen LogP contribution in [-0.4, -0.2) is 35.1 Å². The molecule has 10 aliphatic heterocycles. The number of rotatable bonds is 0. The Morgan fingerprint density at radius 2 is 1.19 bits per heavy atom. The Morgan fingerprint density at radius 3 is 1.93 bits per heavy atom. The Bertz CT molecular complexity index is 4360. The molecule has 7 aromatic rings. The summed E-state index contributed by atoms with van der Waals surface area (Å²) < 4.78 is 5.90. The molecule has 21 rings (SSSR count). The van der Waals surface area contributed by atoms with E-state index in [0.29, 0.717) is 72.3 Å². The average Bonchev–Trinajstić information content (AvgIpc) is 4.19. The third-order valence-corrected chi connectivity index (χ3v) is 23.2. The summed E-state index contributed by atoms with van der Waals surface area (Å²) in [5, 5.41) is 9.12. The Morgan fingerprint density at radius 1 is 0.529 bits per heavy atom. The smallest absolute Gasteiger partial charge is 0.257 e. The van der Waals surface area contributed by atoms with Gasteiger partial charge in [0.1, 0.15) is 0 Å². The molecule has 10 unspecified atom stereocenters. The number of fused-ring (bicyclic) bond motifs is 10. The highest BCUT2D eigenvalue weighted by molar-refractivity contribution is 7.01. The predicted molar refractivity (Wildman–Crippen MR) is 295 cm³/mol. The highest BCUT2D eigenvalue weighted by Gasteiger charge is 2.77. The summed E-state index contributed by atoms with van der Waals surface area (Å²) in [6.45, 7) is 31.1. The Kier molecular flexibility index (Phi) is 5.06. The maximum absolute atomic E-state index is 3.26. The number of allylic oxidation sites excluding steroid dienone is 12. The van der Waals surface area contributed by atoms with Gasteiger partial charge in [-0.2, -0.15) is 0 Å². The lowest BCUT2D eigenvalue weighted by Crippen LogP contribution is -2.69. The second-order valence-corrected chi connectivity index (χ2v) is 29.8. The van der Waals surface area contributed by atoms with Crippen molar-refractivity contribution in [3.05, 3.63) is 122 Å². The first-order valence-electron chi connectivity index (χ1n) is 27.6. The van der Waals surface area contributed by atoms with Crippen LogP contribution in [0.2, 0.25) is 23.3 Å². The second kappa shape index (κ2) is 9.68. The largest absolute Gasteiger partial charge is 0.341 e. The third kappa shape index (κ3) is 3.16. The third-order valence-electron chi connectivity index (χ3n) is 23.2. The van der Waals surface area contributed by atoms with Gasteiger partial charge in [0.15, 0.2) is 13.4 Å². The molecule has 3 fully saturated rings. The van der Waals surface area contributed by atoms with Crippen molar-refractivity contribution in [1.82, 2.24) is 8.97 Å². The molecule has 6 heteroatoms. The van der Waals surface area contributed by atoms with Crippen LogP contribution in [0.4, 0.5) is 5.69 Å². The van der Waals surface area contributed by atoms with Gasteiger partial charge in [0.25, 0.3) is 6.71 Å². The lowest BCUT2D eigenvalue weighted by molar-refractivity contribution is 0.392. The summed E-state index contributed by atoms with van der Waals surface area (Å²) in [6.07, 6.45) is 14.4. The van der Waals surface area contributed by atoms with Crippen LogP contribution >= 0.6 is 0 Å². The highest BCUT2D eigenvalue weighted by Crippen LogP contribution is 2.80. The fourth-order valence-corrected chi connectivity index (χ4v) is 21.0. The molecule has 0 amide bonds. The van der Waals surface area contributed by atoms with Crippen molar-refractivity contribution >= 4 is 113 Å². The molecule has 3 aromatic heterocycles. The molecule has 0 saturated carbocycles. The number of hydrogen-bond donors (Lipinski definition) is 0. The maximum Gasteiger partial charge on any atom is 0.257 e. The molecule has 336 valence electrons. The Labute approximate surface area is 410 Å². The average molecular weight is 900 g/mol. The van der Waals surface area contributed by atoms with E-state index in [1.807, 2.05) is 5.47 Å². The van der Waals surface area contributed by atoms with E-state index < -0.39 is 0 Å². The number of hydrogen-bond acceptors (Lipinski definition) is 1. The molecule has 13 heterocycles. The fourth-order valence-electron chi connectivity index (χ4n) is 21.0. The van der Waals surface area contributed by atoms with Crippen molar-refractivity contribution in [2.75, 3.05) is 4.90 Å². The van der Waals surface area contributed by atoms with Gasteiger partial charge in [-0.05, 0) is 159 Å². The quantitative estimate of drug-likeness (QED) is 0.138. The predicted octanol–water partition coefficient (Wildman–Crippen LogP) is 12.8. The first-order chi connectivity index (χ1) is 33.3.